The molecule has 224 valence electrons. The molecule has 2 aromatic carbocycles. The number of carbonyl (C=O) groups is 1. The van der Waals surface area contributed by atoms with Gasteiger partial charge in [0.2, 0.25) is 0 Å². The van der Waals surface area contributed by atoms with Crippen LogP contribution < -0.4 is 20.9 Å². The Morgan fingerprint density at radius 1 is 1.09 bits per heavy atom. The highest BCUT2D eigenvalue weighted by molar-refractivity contribution is 6.34. The van der Waals surface area contributed by atoms with E-state index in [2.05, 4.69) is 15.7 Å². The molecular formula is C32H36ClN7O3. The monoisotopic (exact) mass is 601 g/mol. The first-order valence-corrected chi connectivity index (χ1v) is 14.6. The van der Waals surface area contributed by atoms with Crippen molar-refractivity contribution < 1.29 is 14.6 Å². The molecule has 0 spiro atoms. The van der Waals surface area contributed by atoms with Crippen molar-refractivity contribution in [2.24, 2.45) is 0 Å². The molecule has 2 aromatic heterocycles. The van der Waals surface area contributed by atoms with Gasteiger partial charge in [-0.05, 0) is 48.2 Å². The van der Waals surface area contributed by atoms with E-state index >= 15 is 0 Å². The minimum absolute atomic E-state index is 0.0790. The van der Waals surface area contributed by atoms with Crippen LogP contribution in [0.3, 0.4) is 0 Å². The molecule has 2 atom stereocenters. The van der Waals surface area contributed by atoms with Crippen molar-refractivity contribution in [1.29, 1.82) is 10.8 Å². The summed E-state index contributed by atoms with van der Waals surface area (Å²) in [6, 6.07) is 19.5. The van der Waals surface area contributed by atoms with E-state index < -0.39 is 0 Å². The first kappa shape index (κ1) is 30.1. The second-order valence-corrected chi connectivity index (χ2v) is 11.9. The number of fused-ring (bicyclic) bond motifs is 1. The van der Waals surface area contributed by atoms with Gasteiger partial charge in [0.25, 0.3) is 0 Å². The van der Waals surface area contributed by atoms with Crippen LogP contribution in [0.15, 0.2) is 72.9 Å². The normalized spacial score (nSPS) is 16.3. The molecule has 1 aliphatic rings. The molecule has 5 rings (SSSR count). The van der Waals surface area contributed by atoms with Gasteiger partial charge in [-0.25, -0.2) is 9.48 Å². The first-order chi connectivity index (χ1) is 20.5. The number of ether oxygens (including phenoxy) is 1. The molecule has 11 heteroatoms. The number of anilines is 1. The van der Waals surface area contributed by atoms with Gasteiger partial charge < -0.3 is 15.2 Å². The number of pyridine rings is 1. The molecule has 0 saturated heterocycles. The topological polar surface area (TPSA) is 141 Å². The Bertz CT molecular complexity index is 1710. The third kappa shape index (κ3) is 6.65. The Balaban J connectivity index is 1.32. The SMILES string of the molecule is CC(C)(C)c1cc(NC(=O)NC2CCC(Oc3ccc(=N)n(C(=N)c4ccccc4Cl)c3)c3ccccc32)n(CCO)n1. The van der Waals surface area contributed by atoms with Crippen LogP contribution in [0.5, 0.6) is 5.75 Å². The lowest BCUT2D eigenvalue weighted by Gasteiger charge is -2.32. The summed E-state index contributed by atoms with van der Waals surface area (Å²) in [5, 5.41) is 37.5. The molecule has 5 N–H and O–H groups in total. The minimum atomic E-state index is -0.358. The number of rotatable bonds is 7. The Morgan fingerprint density at radius 2 is 1.81 bits per heavy atom. The second kappa shape index (κ2) is 12.4. The summed E-state index contributed by atoms with van der Waals surface area (Å²) in [5.41, 5.74) is 3.18. The number of carbonyl (C=O) groups excluding carboxylic acids is 1. The van der Waals surface area contributed by atoms with Crippen molar-refractivity contribution in [3.63, 3.8) is 0 Å². The minimum Gasteiger partial charge on any atom is -0.484 e. The van der Waals surface area contributed by atoms with E-state index in [1.165, 1.54) is 4.57 Å². The first-order valence-electron chi connectivity index (χ1n) is 14.2. The number of nitrogens with one attached hydrogen (secondary N) is 4. The van der Waals surface area contributed by atoms with E-state index in [0.717, 1.165) is 16.8 Å². The standard InChI is InChI=1S/C32H36ClN7O3/c1-32(2,3)27-18-29(40(38-27)16-17-41)37-31(42)36-25-13-14-26(22-9-5-4-8-21(22)25)43-20-12-15-28(34)39(19-20)30(35)23-10-6-7-11-24(23)33/h4-12,15,18-19,25-26,34-35,41H,13-14,16-17H2,1-3H3,(H2,36,37,42). The van der Waals surface area contributed by atoms with Crippen molar-refractivity contribution in [2.75, 3.05) is 11.9 Å². The van der Waals surface area contributed by atoms with Crippen molar-refractivity contribution in [1.82, 2.24) is 19.7 Å². The van der Waals surface area contributed by atoms with E-state index in [1.807, 2.05) is 51.1 Å². The van der Waals surface area contributed by atoms with Gasteiger partial charge in [-0.1, -0.05) is 68.8 Å². The second-order valence-electron chi connectivity index (χ2n) is 11.5. The zero-order chi connectivity index (χ0) is 30.7. The average Bonchev–Trinajstić information content (AvgIpc) is 3.38. The molecule has 43 heavy (non-hydrogen) atoms. The molecular weight excluding hydrogens is 566 g/mol. The summed E-state index contributed by atoms with van der Waals surface area (Å²) in [6.07, 6.45) is 2.64. The Labute approximate surface area is 255 Å². The molecule has 2 heterocycles. The van der Waals surface area contributed by atoms with Gasteiger partial charge in [0, 0.05) is 17.0 Å². The van der Waals surface area contributed by atoms with Crippen LogP contribution in [-0.2, 0) is 12.0 Å². The number of benzene rings is 2. The number of hydrogen-bond donors (Lipinski definition) is 5. The third-order valence-electron chi connectivity index (χ3n) is 7.41. The highest BCUT2D eigenvalue weighted by Crippen LogP contribution is 2.38. The highest BCUT2D eigenvalue weighted by Gasteiger charge is 2.30. The lowest BCUT2D eigenvalue weighted by Crippen LogP contribution is -2.36. The molecule has 0 saturated carbocycles. The fourth-order valence-corrected chi connectivity index (χ4v) is 5.39. The van der Waals surface area contributed by atoms with Crippen LogP contribution in [0.1, 0.15) is 68.1 Å². The lowest BCUT2D eigenvalue weighted by atomic mass is 9.85. The molecule has 0 bridgehead atoms. The number of aliphatic hydroxyl groups excluding tert-OH is 1. The number of aromatic nitrogens is 3. The van der Waals surface area contributed by atoms with Crippen LogP contribution >= 0.6 is 11.6 Å². The average molecular weight is 602 g/mol. The fourth-order valence-electron chi connectivity index (χ4n) is 5.17. The van der Waals surface area contributed by atoms with E-state index in [4.69, 9.17) is 27.2 Å². The molecule has 4 aromatic rings. The number of nitrogens with zero attached hydrogens (tertiary/aromatic N) is 3. The van der Waals surface area contributed by atoms with E-state index in [-0.39, 0.29) is 48.1 Å². The van der Waals surface area contributed by atoms with Crippen molar-refractivity contribution >= 4 is 29.3 Å². The Morgan fingerprint density at radius 3 is 2.53 bits per heavy atom. The van der Waals surface area contributed by atoms with Crippen LogP contribution in [0, 0.1) is 10.8 Å². The third-order valence-corrected chi connectivity index (χ3v) is 7.74. The van der Waals surface area contributed by atoms with E-state index in [0.29, 0.717) is 35.0 Å². The Hall–Kier alpha value is -4.41. The van der Waals surface area contributed by atoms with Gasteiger partial charge in [0.05, 0.1) is 36.1 Å². The van der Waals surface area contributed by atoms with E-state index in [1.54, 1.807) is 47.3 Å². The zero-order valence-corrected chi connectivity index (χ0v) is 25.2. The number of amides is 2. The molecule has 1 aliphatic carbocycles. The van der Waals surface area contributed by atoms with Crippen LogP contribution in [0.25, 0.3) is 0 Å². The smallest absolute Gasteiger partial charge is 0.320 e. The summed E-state index contributed by atoms with van der Waals surface area (Å²) in [4.78, 5) is 13.1. The van der Waals surface area contributed by atoms with Crippen molar-refractivity contribution in [3.05, 3.63) is 106 Å². The maximum absolute atomic E-state index is 13.1. The molecule has 0 radical (unpaired) electrons. The predicted molar refractivity (Wildman–Crippen MR) is 166 cm³/mol. The van der Waals surface area contributed by atoms with Gasteiger partial charge in [-0.15, -0.1) is 0 Å². The highest BCUT2D eigenvalue weighted by atomic mass is 35.5. The van der Waals surface area contributed by atoms with Crippen LogP contribution in [0.2, 0.25) is 5.02 Å². The van der Waals surface area contributed by atoms with E-state index in [9.17, 15) is 9.90 Å². The molecule has 2 amide bonds. The van der Waals surface area contributed by atoms with Crippen LogP contribution in [0.4, 0.5) is 10.6 Å². The number of urea groups is 1. The summed E-state index contributed by atoms with van der Waals surface area (Å²) >= 11 is 6.31. The quantitative estimate of drug-likeness (QED) is 0.136. The fraction of sp³-hybridized carbons (Fsp3) is 0.312. The molecule has 0 fully saturated rings. The largest absolute Gasteiger partial charge is 0.484 e. The predicted octanol–water partition coefficient (Wildman–Crippen LogP) is 5.76. The van der Waals surface area contributed by atoms with Crippen molar-refractivity contribution in [2.45, 2.75) is 57.7 Å². The van der Waals surface area contributed by atoms with Gasteiger partial charge in [-0.2, -0.15) is 5.10 Å². The number of aliphatic hydroxyl groups is 1. The summed E-state index contributed by atoms with van der Waals surface area (Å²) in [7, 11) is 0. The van der Waals surface area contributed by atoms with Gasteiger partial charge in [-0.3, -0.25) is 20.7 Å². The van der Waals surface area contributed by atoms with Crippen LogP contribution in [-0.4, -0.2) is 37.9 Å². The molecule has 0 aliphatic heterocycles. The Kier molecular flexibility index (Phi) is 8.70. The molecule has 10 nitrogen and oxygen atoms in total. The number of hydrogen-bond acceptors (Lipinski definition) is 6. The van der Waals surface area contributed by atoms with Gasteiger partial charge in [0.1, 0.15) is 29.0 Å². The van der Waals surface area contributed by atoms with Crippen molar-refractivity contribution in [3.8, 4) is 5.75 Å². The number of halogens is 1. The van der Waals surface area contributed by atoms with Gasteiger partial charge >= 0.3 is 6.03 Å². The maximum atomic E-state index is 13.1. The summed E-state index contributed by atoms with van der Waals surface area (Å²) in [6.45, 7) is 6.32. The lowest BCUT2D eigenvalue weighted by molar-refractivity contribution is 0.171. The summed E-state index contributed by atoms with van der Waals surface area (Å²) < 4.78 is 9.47. The summed E-state index contributed by atoms with van der Waals surface area (Å²) in [5.74, 6) is 1.12. The zero-order valence-electron chi connectivity index (χ0n) is 24.4. The molecule has 2 unspecified atom stereocenters. The maximum Gasteiger partial charge on any atom is 0.320 e. The van der Waals surface area contributed by atoms with Gasteiger partial charge in [0.15, 0.2) is 0 Å².